The fraction of sp³-hybridized carbons (Fsp3) is 0.640. The Bertz CT molecular complexity index is 887. The molecule has 0 aromatic carbocycles. The predicted octanol–water partition coefficient (Wildman–Crippen LogP) is 2.88. The summed E-state index contributed by atoms with van der Waals surface area (Å²) in [6.45, 7) is 9.79. The first kappa shape index (κ1) is 24.9. The van der Waals surface area contributed by atoms with E-state index in [0.717, 1.165) is 43.4 Å². The Labute approximate surface area is 205 Å². The molecule has 186 valence electrons. The lowest BCUT2D eigenvalue weighted by atomic mass is 9.72. The van der Waals surface area contributed by atoms with E-state index in [4.69, 9.17) is 9.47 Å². The van der Waals surface area contributed by atoms with Gasteiger partial charge in [-0.05, 0) is 38.2 Å². The van der Waals surface area contributed by atoms with Crippen LogP contribution in [0.15, 0.2) is 36.6 Å². The third-order valence-electron chi connectivity index (χ3n) is 7.31. The fourth-order valence-corrected chi connectivity index (χ4v) is 7.49. The molecule has 4 rings (SSSR count). The summed E-state index contributed by atoms with van der Waals surface area (Å²) >= 11 is 1.75. The van der Waals surface area contributed by atoms with E-state index < -0.39 is 18.0 Å². The predicted molar refractivity (Wildman–Crippen MR) is 129 cm³/mol. The van der Waals surface area contributed by atoms with Gasteiger partial charge in [0.2, 0.25) is 5.91 Å². The number of esters is 1. The number of fused-ring (bicyclic) bond motifs is 3. The molecule has 34 heavy (non-hydrogen) atoms. The number of amides is 2. The number of hydrogen-bond acceptors (Lipinski definition) is 7. The van der Waals surface area contributed by atoms with Crippen molar-refractivity contribution in [2.24, 2.45) is 11.8 Å². The van der Waals surface area contributed by atoms with E-state index >= 15 is 0 Å². The van der Waals surface area contributed by atoms with E-state index in [1.165, 1.54) is 6.08 Å². The number of hydrogen-bond donors (Lipinski definition) is 1. The van der Waals surface area contributed by atoms with Gasteiger partial charge in [0, 0.05) is 29.5 Å². The van der Waals surface area contributed by atoms with Crippen LogP contribution >= 0.6 is 11.8 Å². The third-order valence-corrected chi connectivity index (χ3v) is 8.78. The second kappa shape index (κ2) is 10.6. The zero-order chi connectivity index (χ0) is 24.4. The van der Waals surface area contributed by atoms with Crippen molar-refractivity contribution in [3.05, 3.63) is 36.6 Å². The summed E-state index contributed by atoms with van der Waals surface area (Å²) in [6.07, 6.45) is 6.61. The second-order valence-corrected chi connectivity index (χ2v) is 10.6. The van der Waals surface area contributed by atoms with Crippen molar-refractivity contribution in [2.45, 2.75) is 62.5 Å². The number of carbonyl (C=O) groups is 3. The van der Waals surface area contributed by atoms with Crippen LogP contribution < -0.4 is 0 Å². The molecule has 0 aromatic rings. The first-order chi connectivity index (χ1) is 16.4. The van der Waals surface area contributed by atoms with E-state index in [0.29, 0.717) is 12.2 Å². The minimum Gasteiger partial charge on any atom is -0.457 e. The van der Waals surface area contributed by atoms with E-state index in [1.807, 2.05) is 0 Å². The molecule has 6 atom stereocenters. The molecule has 9 heteroatoms. The van der Waals surface area contributed by atoms with Crippen molar-refractivity contribution < 1.29 is 29.0 Å². The third kappa shape index (κ3) is 4.40. The quantitative estimate of drug-likeness (QED) is 0.302. The molecule has 0 radical (unpaired) electrons. The van der Waals surface area contributed by atoms with Gasteiger partial charge in [0.1, 0.15) is 18.9 Å². The van der Waals surface area contributed by atoms with Crippen LogP contribution in [-0.2, 0) is 19.1 Å². The Balaban J connectivity index is 1.54. The maximum absolute atomic E-state index is 13.0. The average Bonchev–Trinajstić information content (AvgIpc) is 3.40. The van der Waals surface area contributed by atoms with Crippen molar-refractivity contribution in [1.29, 1.82) is 0 Å². The van der Waals surface area contributed by atoms with Crippen LogP contribution in [0.5, 0.6) is 0 Å². The Hall–Kier alpha value is -2.26. The summed E-state index contributed by atoms with van der Waals surface area (Å²) in [6, 6.07) is -0.112. The Morgan fingerprint density at radius 3 is 2.62 bits per heavy atom. The summed E-state index contributed by atoms with van der Waals surface area (Å²) in [5.41, 5.74) is 1.34. The maximum atomic E-state index is 13.0. The number of likely N-dealkylation sites (tertiary alicyclic amines) is 1. The molecule has 8 nitrogen and oxygen atoms in total. The van der Waals surface area contributed by atoms with Gasteiger partial charge in [-0.1, -0.05) is 31.7 Å². The van der Waals surface area contributed by atoms with Crippen LogP contribution in [-0.4, -0.2) is 81.8 Å². The molecular formula is C25H34N2O6S. The van der Waals surface area contributed by atoms with Crippen LogP contribution in [0.3, 0.4) is 0 Å². The first-order valence-electron chi connectivity index (χ1n) is 12.1. The van der Waals surface area contributed by atoms with Crippen molar-refractivity contribution >= 4 is 29.7 Å². The first-order valence-corrected chi connectivity index (χ1v) is 13.1. The topological polar surface area (TPSA) is 96.4 Å². The highest BCUT2D eigenvalue weighted by Crippen LogP contribution is 2.54. The van der Waals surface area contributed by atoms with E-state index in [1.54, 1.807) is 34.6 Å². The summed E-state index contributed by atoms with van der Waals surface area (Å²) in [5, 5.41) is 10.3. The number of β-lactam (4-membered cyclic amide) rings is 1. The zero-order valence-electron chi connectivity index (χ0n) is 19.7. The monoisotopic (exact) mass is 490 g/mol. The largest absolute Gasteiger partial charge is 0.457 e. The molecule has 0 bridgehead atoms. The number of carbonyl (C=O) groups excluding carboxylic acids is 3. The standard InChI is InChI=1S/C25H34N2O6S/c1-4-12-32-24(30)22-20-17(21-19(15(3)28)23(29)27(21)22)9-6-10-18(20)34-14-16-8-7-11-26(16)25(31)33-13-5-2/h4-5,15-19,21,28H,1-2,6-14H2,3H3/t15-,16+,17-,18+,19-,21-/m1/s1. The number of thioether (sulfide) groups is 1. The van der Waals surface area contributed by atoms with E-state index in [9.17, 15) is 19.5 Å². The number of nitrogens with zero attached hydrogens (tertiary/aromatic N) is 2. The van der Waals surface area contributed by atoms with Gasteiger partial charge >= 0.3 is 12.1 Å². The number of aliphatic hydroxyl groups excluding tert-OH is 1. The Morgan fingerprint density at radius 1 is 1.18 bits per heavy atom. The Morgan fingerprint density at radius 2 is 1.91 bits per heavy atom. The smallest absolute Gasteiger partial charge is 0.410 e. The summed E-state index contributed by atoms with van der Waals surface area (Å²) < 4.78 is 10.6. The molecule has 2 amide bonds. The molecular weight excluding hydrogens is 456 g/mol. The van der Waals surface area contributed by atoms with Gasteiger partial charge in [-0.2, -0.15) is 11.8 Å². The summed E-state index contributed by atoms with van der Waals surface area (Å²) in [5.74, 6) is -0.409. The van der Waals surface area contributed by atoms with Crippen molar-refractivity contribution in [1.82, 2.24) is 9.80 Å². The van der Waals surface area contributed by atoms with Crippen LogP contribution in [0, 0.1) is 11.8 Å². The molecule has 1 N–H and O–H groups in total. The van der Waals surface area contributed by atoms with Gasteiger partial charge in [-0.3, -0.25) is 4.79 Å². The highest BCUT2D eigenvalue weighted by atomic mass is 32.2. The summed E-state index contributed by atoms with van der Waals surface area (Å²) in [7, 11) is 0. The molecule has 0 aromatic heterocycles. The van der Waals surface area contributed by atoms with Gasteiger partial charge in [0.05, 0.1) is 18.1 Å². The molecule has 3 fully saturated rings. The minimum atomic E-state index is -0.764. The molecule has 4 aliphatic rings. The number of rotatable bonds is 9. The van der Waals surface area contributed by atoms with Crippen molar-refractivity contribution in [3.63, 3.8) is 0 Å². The Kier molecular flexibility index (Phi) is 7.72. The SMILES string of the molecule is C=CCOC(=O)C1=C2[C@@H](SC[C@@H]3CCCN3C(=O)OCC=C)CCC[C@H]2[C@@H]2[C@@H]([C@@H](C)O)C(=O)N12. The normalized spacial score (nSPS) is 30.9. The fourth-order valence-electron chi connectivity index (χ4n) is 5.89. The zero-order valence-corrected chi connectivity index (χ0v) is 20.5. The lowest BCUT2D eigenvalue weighted by Gasteiger charge is -2.47. The second-order valence-electron chi connectivity index (χ2n) is 9.37. The average molecular weight is 491 g/mol. The molecule has 0 unspecified atom stereocenters. The van der Waals surface area contributed by atoms with Gasteiger partial charge in [-0.15, -0.1) is 0 Å². The van der Waals surface area contributed by atoms with Crippen LogP contribution in [0.1, 0.15) is 39.0 Å². The summed E-state index contributed by atoms with van der Waals surface area (Å²) in [4.78, 5) is 41.8. The molecule has 2 saturated heterocycles. The molecule has 1 aliphatic carbocycles. The highest BCUT2D eigenvalue weighted by molar-refractivity contribution is 8.00. The van der Waals surface area contributed by atoms with Gasteiger partial charge in [-0.25, -0.2) is 9.59 Å². The molecule has 3 aliphatic heterocycles. The highest BCUT2D eigenvalue weighted by Gasteiger charge is 2.62. The van der Waals surface area contributed by atoms with Crippen molar-refractivity contribution in [2.75, 3.05) is 25.5 Å². The molecule has 3 heterocycles. The van der Waals surface area contributed by atoms with Crippen LogP contribution in [0.2, 0.25) is 0 Å². The van der Waals surface area contributed by atoms with Crippen LogP contribution in [0.25, 0.3) is 0 Å². The van der Waals surface area contributed by atoms with Crippen molar-refractivity contribution in [3.8, 4) is 0 Å². The van der Waals surface area contributed by atoms with E-state index in [-0.39, 0.29) is 48.5 Å². The van der Waals surface area contributed by atoms with Gasteiger partial charge in [0.25, 0.3) is 0 Å². The maximum Gasteiger partial charge on any atom is 0.410 e. The number of aliphatic hydroxyl groups is 1. The lowest BCUT2D eigenvalue weighted by Crippen LogP contribution is -2.64. The van der Waals surface area contributed by atoms with Crippen LogP contribution in [0.4, 0.5) is 4.79 Å². The van der Waals surface area contributed by atoms with Gasteiger partial charge in [0.15, 0.2) is 0 Å². The molecule has 1 saturated carbocycles. The van der Waals surface area contributed by atoms with E-state index in [2.05, 4.69) is 13.2 Å². The lowest BCUT2D eigenvalue weighted by molar-refractivity contribution is -0.164. The minimum absolute atomic E-state index is 0.0482. The molecule has 0 spiro atoms. The van der Waals surface area contributed by atoms with Gasteiger partial charge < -0.3 is 24.4 Å². The number of ether oxygens (including phenoxy) is 2.